The predicted octanol–water partition coefficient (Wildman–Crippen LogP) is 2.36. The van der Waals surface area contributed by atoms with Gasteiger partial charge in [0.1, 0.15) is 11.8 Å². The number of nitrogens with zero attached hydrogens (tertiary/aromatic N) is 3. The molecule has 98 valence electrons. The van der Waals surface area contributed by atoms with Gasteiger partial charge in [-0.2, -0.15) is 5.26 Å². The van der Waals surface area contributed by atoms with Gasteiger partial charge < -0.3 is 4.90 Å². The number of hydrogen-bond donors (Lipinski definition) is 0. The molecule has 0 bridgehead atoms. The molecule has 2 fully saturated rings. The second-order valence-corrected chi connectivity index (χ2v) is 5.44. The van der Waals surface area contributed by atoms with Crippen LogP contribution in [-0.4, -0.2) is 28.4 Å². The Kier molecular flexibility index (Phi) is 3.20. The molecule has 1 aromatic heterocycles. The number of carbonyl (C=O) groups is 1. The summed E-state index contributed by atoms with van der Waals surface area (Å²) >= 11 is 0. The van der Waals surface area contributed by atoms with Gasteiger partial charge >= 0.3 is 0 Å². The van der Waals surface area contributed by atoms with E-state index < -0.39 is 0 Å². The van der Waals surface area contributed by atoms with Crippen molar-refractivity contribution in [3.05, 3.63) is 29.6 Å². The van der Waals surface area contributed by atoms with E-state index in [-0.39, 0.29) is 5.91 Å². The maximum absolute atomic E-state index is 12.5. The molecule has 4 nitrogen and oxygen atoms in total. The third-order valence-electron chi connectivity index (χ3n) is 4.37. The average molecular weight is 255 g/mol. The normalized spacial score (nSPS) is 25.7. The first-order valence-electron chi connectivity index (χ1n) is 6.97. The van der Waals surface area contributed by atoms with Crippen LogP contribution in [0.3, 0.4) is 0 Å². The predicted molar refractivity (Wildman–Crippen MR) is 70.4 cm³/mol. The van der Waals surface area contributed by atoms with Gasteiger partial charge in [-0.1, -0.05) is 6.42 Å². The number of piperidine rings is 1. The first-order valence-corrected chi connectivity index (χ1v) is 6.97. The molecular formula is C15H17N3O. The summed E-state index contributed by atoms with van der Waals surface area (Å²) in [6.07, 6.45) is 7.46. The van der Waals surface area contributed by atoms with Gasteiger partial charge in [-0.25, -0.2) is 4.98 Å². The zero-order chi connectivity index (χ0) is 13.2. The minimum atomic E-state index is 0.0288. The number of nitriles is 1. The van der Waals surface area contributed by atoms with Crippen LogP contribution in [0, 0.1) is 17.2 Å². The van der Waals surface area contributed by atoms with Crippen molar-refractivity contribution in [1.29, 1.82) is 5.26 Å². The topological polar surface area (TPSA) is 57.0 Å². The van der Waals surface area contributed by atoms with Crippen LogP contribution in [0.15, 0.2) is 18.3 Å². The second-order valence-electron chi connectivity index (χ2n) is 5.44. The lowest BCUT2D eigenvalue weighted by atomic mass is 9.91. The van der Waals surface area contributed by atoms with Crippen molar-refractivity contribution in [2.75, 3.05) is 6.54 Å². The molecule has 1 saturated heterocycles. The van der Waals surface area contributed by atoms with Crippen molar-refractivity contribution in [3.63, 3.8) is 0 Å². The molecule has 19 heavy (non-hydrogen) atoms. The molecule has 0 spiro atoms. The Balaban J connectivity index is 1.80. The monoisotopic (exact) mass is 255 g/mol. The minimum Gasteiger partial charge on any atom is -0.334 e. The van der Waals surface area contributed by atoms with E-state index in [0.717, 1.165) is 19.4 Å². The van der Waals surface area contributed by atoms with Crippen molar-refractivity contribution in [1.82, 2.24) is 9.88 Å². The first kappa shape index (κ1) is 12.2. The van der Waals surface area contributed by atoms with E-state index in [0.29, 0.717) is 23.2 Å². The number of rotatable bonds is 1. The zero-order valence-electron chi connectivity index (χ0n) is 10.9. The van der Waals surface area contributed by atoms with Gasteiger partial charge in [0.05, 0.1) is 5.56 Å². The lowest BCUT2D eigenvalue weighted by Gasteiger charge is -2.37. The lowest BCUT2D eigenvalue weighted by molar-refractivity contribution is 0.0542. The fourth-order valence-electron chi connectivity index (χ4n) is 3.44. The number of pyridine rings is 1. The fraction of sp³-hybridized carbons (Fsp3) is 0.533. The van der Waals surface area contributed by atoms with Crippen molar-refractivity contribution in [2.45, 2.75) is 38.1 Å². The highest BCUT2D eigenvalue weighted by Crippen LogP contribution is 2.37. The van der Waals surface area contributed by atoms with Crippen molar-refractivity contribution in [2.24, 2.45) is 5.92 Å². The Morgan fingerprint density at radius 2 is 2.16 bits per heavy atom. The molecule has 0 aromatic carbocycles. The summed E-state index contributed by atoms with van der Waals surface area (Å²) in [5.41, 5.74) is 0.959. The largest absolute Gasteiger partial charge is 0.334 e. The molecule has 2 unspecified atom stereocenters. The van der Waals surface area contributed by atoms with Crippen LogP contribution < -0.4 is 0 Å². The standard InChI is InChI=1S/C15H17N3O/c16-9-11-6-7-13(17-10-11)15(19)18-8-2-4-12-3-1-5-14(12)18/h6-7,10,12,14H,1-5,8H2. The summed E-state index contributed by atoms with van der Waals surface area (Å²) in [6.45, 7) is 0.849. The Bertz CT molecular complexity index is 517. The molecule has 2 heterocycles. The van der Waals surface area contributed by atoms with Gasteiger partial charge in [0.25, 0.3) is 5.91 Å². The fourth-order valence-corrected chi connectivity index (χ4v) is 3.44. The van der Waals surface area contributed by atoms with Gasteiger partial charge in [0.2, 0.25) is 0 Å². The summed E-state index contributed by atoms with van der Waals surface area (Å²) in [7, 11) is 0. The van der Waals surface area contributed by atoms with E-state index in [9.17, 15) is 4.79 Å². The van der Waals surface area contributed by atoms with E-state index >= 15 is 0 Å². The number of hydrogen-bond acceptors (Lipinski definition) is 3. The van der Waals surface area contributed by atoms with Crippen LogP contribution in [-0.2, 0) is 0 Å². The third kappa shape index (κ3) is 2.21. The van der Waals surface area contributed by atoms with Crippen molar-refractivity contribution < 1.29 is 4.79 Å². The average Bonchev–Trinajstić information content (AvgIpc) is 2.95. The van der Waals surface area contributed by atoms with E-state index in [2.05, 4.69) is 4.98 Å². The van der Waals surface area contributed by atoms with Crippen LogP contribution in [0.1, 0.15) is 48.2 Å². The molecular weight excluding hydrogens is 238 g/mol. The second kappa shape index (κ2) is 5.00. The van der Waals surface area contributed by atoms with Crippen LogP contribution in [0.2, 0.25) is 0 Å². The molecule has 0 radical (unpaired) electrons. The molecule has 1 amide bonds. The van der Waals surface area contributed by atoms with Crippen LogP contribution in [0.25, 0.3) is 0 Å². The van der Waals surface area contributed by atoms with E-state index in [1.54, 1.807) is 12.1 Å². The molecule has 3 rings (SSSR count). The van der Waals surface area contributed by atoms with Crippen molar-refractivity contribution >= 4 is 5.91 Å². The summed E-state index contributed by atoms with van der Waals surface area (Å²) in [5.74, 6) is 0.720. The van der Waals surface area contributed by atoms with Crippen molar-refractivity contribution in [3.8, 4) is 6.07 Å². The molecule has 1 saturated carbocycles. The Labute approximate surface area is 113 Å². The highest BCUT2D eigenvalue weighted by Gasteiger charge is 2.37. The van der Waals surface area contributed by atoms with E-state index in [1.165, 1.54) is 25.5 Å². The van der Waals surface area contributed by atoms with E-state index in [4.69, 9.17) is 5.26 Å². The summed E-state index contributed by atoms with van der Waals surface area (Å²) in [4.78, 5) is 18.7. The Hall–Kier alpha value is -1.89. The molecule has 1 aromatic rings. The smallest absolute Gasteiger partial charge is 0.272 e. The van der Waals surface area contributed by atoms with Crippen LogP contribution in [0.4, 0.5) is 0 Å². The SMILES string of the molecule is N#Cc1ccc(C(=O)N2CCCC3CCCC32)nc1. The number of amides is 1. The zero-order valence-corrected chi connectivity index (χ0v) is 10.9. The molecule has 1 aliphatic carbocycles. The number of carbonyl (C=O) groups excluding carboxylic acids is 1. The first-order chi connectivity index (χ1) is 9.29. The van der Waals surface area contributed by atoms with E-state index in [1.807, 2.05) is 11.0 Å². The Morgan fingerprint density at radius 1 is 1.32 bits per heavy atom. The van der Waals surface area contributed by atoms with Gasteiger partial charge in [0.15, 0.2) is 0 Å². The van der Waals surface area contributed by atoms with Crippen LogP contribution >= 0.6 is 0 Å². The maximum atomic E-state index is 12.5. The van der Waals surface area contributed by atoms with Gasteiger partial charge in [-0.05, 0) is 43.7 Å². The molecule has 1 aliphatic heterocycles. The van der Waals surface area contributed by atoms with Crippen LogP contribution in [0.5, 0.6) is 0 Å². The molecule has 0 N–H and O–H groups in total. The lowest BCUT2D eigenvalue weighted by Crippen LogP contribution is -2.46. The number of aromatic nitrogens is 1. The summed E-state index contributed by atoms with van der Waals surface area (Å²) < 4.78 is 0. The quantitative estimate of drug-likeness (QED) is 0.774. The number of likely N-dealkylation sites (tertiary alicyclic amines) is 1. The van der Waals surface area contributed by atoms with Gasteiger partial charge in [-0.15, -0.1) is 0 Å². The summed E-state index contributed by atoms with van der Waals surface area (Å²) in [6, 6.07) is 5.77. The Morgan fingerprint density at radius 3 is 2.89 bits per heavy atom. The summed E-state index contributed by atoms with van der Waals surface area (Å²) in [5, 5.41) is 8.75. The highest BCUT2D eigenvalue weighted by molar-refractivity contribution is 5.92. The molecule has 2 aliphatic rings. The van der Waals surface area contributed by atoms with Gasteiger partial charge in [0, 0.05) is 18.8 Å². The number of fused-ring (bicyclic) bond motifs is 1. The van der Waals surface area contributed by atoms with Gasteiger partial charge in [-0.3, -0.25) is 4.79 Å². The highest BCUT2D eigenvalue weighted by atomic mass is 16.2. The maximum Gasteiger partial charge on any atom is 0.272 e. The minimum absolute atomic E-state index is 0.0288. The third-order valence-corrected chi connectivity index (χ3v) is 4.37. The molecule has 4 heteroatoms. The molecule has 2 atom stereocenters.